The lowest BCUT2D eigenvalue weighted by atomic mass is 10.3. The lowest BCUT2D eigenvalue weighted by molar-refractivity contribution is 0.475. The molecule has 0 saturated heterocycles. The molecule has 2 rings (SSSR count). The van der Waals surface area contributed by atoms with Crippen LogP contribution in [0.25, 0.3) is 5.69 Å². The van der Waals surface area contributed by atoms with Gasteiger partial charge in [-0.3, -0.25) is 4.57 Å². The van der Waals surface area contributed by atoms with E-state index in [-0.39, 0.29) is 5.75 Å². The molecule has 13 heavy (non-hydrogen) atoms. The Balaban J connectivity index is 2.59. The molecule has 0 aliphatic carbocycles. The number of aromatic hydroxyl groups is 1. The number of phenols is 1. The second-order valence-corrected chi connectivity index (χ2v) is 4.10. The highest BCUT2D eigenvalue weighted by atomic mass is 32.1. The van der Waals surface area contributed by atoms with Gasteiger partial charge in [-0.25, -0.2) is 0 Å². The monoisotopic (exact) mass is 209 g/mol. The van der Waals surface area contributed by atoms with Crippen LogP contribution in [0.5, 0.6) is 5.75 Å². The first kappa shape index (κ1) is 8.47. The van der Waals surface area contributed by atoms with Gasteiger partial charge in [0.25, 0.3) is 0 Å². The third kappa shape index (κ3) is 1.64. The van der Waals surface area contributed by atoms with Crippen molar-refractivity contribution < 1.29 is 5.11 Å². The van der Waals surface area contributed by atoms with Gasteiger partial charge in [-0.2, -0.15) is 0 Å². The Kier molecular flexibility index (Phi) is 2.16. The van der Waals surface area contributed by atoms with Gasteiger partial charge in [-0.15, -0.1) is 11.3 Å². The van der Waals surface area contributed by atoms with Crippen LogP contribution in [0.2, 0.25) is 0 Å². The van der Waals surface area contributed by atoms with E-state index in [0.717, 1.165) is 9.64 Å². The number of phenolic OH excluding ortho intramolecular Hbond substituents is 1. The number of rotatable bonds is 1. The molecular weight excluding hydrogens is 202 g/mol. The van der Waals surface area contributed by atoms with Crippen molar-refractivity contribution in [2.24, 2.45) is 0 Å². The van der Waals surface area contributed by atoms with Crippen LogP contribution in [0.1, 0.15) is 0 Å². The molecule has 1 heterocycles. The summed E-state index contributed by atoms with van der Waals surface area (Å²) in [5.41, 5.74) is 0.895. The van der Waals surface area contributed by atoms with E-state index in [1.807, 2.05) is 22.2 Å². The van der Waals surface area contributed by atoms with Crippen LogP contribution in [0, 0.1) is 3.95 Å². The molecule has 0 fully saturated rings. The zero-order valence-electron chi connectivity index (χ0n) is 6.68. The summed E-state index contributed by atoms with van der Waals surface area (Å²) in [6.07, 6.45) is 1.89. The molecule has 1 aromatic carbocycles. The Bertz CT molecular complexity index is 472. The number of hydrogen-bond acceptors (Lipinski definition) is 3. The smallest absolute Gasteiger partial charge is 0.165 e. The van der Waals surface area contributed by atoms with E-state index in [4.69, 9.17) is 12.2 Å². The van der Waals surface area contributed by atoms with Crippen molar-refractivity contribution in [3.05, 3.63) is 39.8 Å². The van der Waals surface area contributed by atoms with Gasteiger partial charge in [0.05, 0.1) is 5.69 Å². The van der Waals surface area contributed by atoms with E-state index in [0.29, 0.717) is 0 Å². The third-order valence-corrected chi connectivity index (χ3v) is 2.82. The topological polar surface area (TPSA) is 25.2 Å². The Morgan fingerprint density at radius 1 is 1.38 bits per heavy atom. The van der Waals surface area contributed by atoms with Gasteiger partial charge >= 0.3 is 0 Å². The number of aromatic nitrogens is 1. The van der Waals surface area contributed by atoms with E-state index >= 15 is 0 Å². The third-order valence-electron chi connectivity index (χ3n) is 1.68. The largest absolute Gasteiger partial charge is 0.508 e. The fourth-order valence-electron chi connectivity index (χ4n) is 1.10. The van der Waals surface area contributed by atoms with Gasteiger partial charge in [0, 0.05) is 17.6 Å². The minimum absolute atomic E-state index is 0.255. The quantitative estimate of drug-likeness (QED) is 0.730. The Labute approximate surface area is 84.7 Å². The molecule has 1 N–H and O–H groups in total. The number of thiazole rings is 1. The Morgan fingerprint density at radius 3 is 2.85 bits per heavy atom. The summed E-state index contributed by atoms with van der Waals surface area (Å²) < 4.78 is 2.64. The summed E-state index contributed by atoms with van der Waals surface area (Å²) in [4.78, 5) is 0. The summed E-state index contributed by atoms with van der Waals surface area (Å²) in [6, 6.07) is 7.02. The lowest BCUT2D eigenvalue weighted by Gasteiger charge is -2.01. The zero-order valence-corrected chi connectivity index (χ0v) is 8.31. The molecule has 0 spiro atoms. The maximum Gasteiger partial charge on any atom is 0.165 e. The molecular formula is C9H7NOS2. The molecule has 2 aromatic rings. The number of benzene rings is 1. The minimum atomic E-state index is 0.255. The van der Waals surface area contributed by atoms with E-state index in [1.165, 1.54) is 11.3 Å². The molecule has 0 radical (unpaired) electrons. The normalized spacial score (nSPS) is 10.2. The van der Waals surface area contributed by atoms with E-state index in [1.54, 1.807) is 18.2 Å². The molecule has 0 aliphatic heterocycles. The van der Waals surface area contributed by atoms with Crippen molar-refractivity contribution in [3.63, 3.8) is 0 Å². The highest BCUT2D eigenvalue weighted by Crippen LogP contribution is 2.17. The predicted octanol–water partition coefficient (Wildman–Crippen LogP) is 2.97. The second-order valence-electron chi connectivity index (χ2n) is 2.56. The van der Waals surface area contributed by atoms with Crippen LogP contribution in [0.3, 0.4) is 0 Å². The maximum atomic E-state index is 9.26. The predicted molar refractivity (Wildman–Crippen MR) is 56.1 cm³/mol. The van der Waals surface area contributed by atoms with Crippen LogP contribution < -0.4 is 0 Å². The molecule has 0 saturated carbocycles. The number of hydrogen-bond donors (Lipinski definition) is 1. The highest BCUT2D eigenvalue weighted by molar-refractivity contribution is 7.73. The van der Waals surface area contributed by atoms with Gasteiger partial charge in [0.1, 0.15) is 5.75 Å². The van der Waals surface area contributed by atoms with Crippen LogP contribution in [-0.4, -0.2) is 9.67 Å². The molecule has 66 valence electrons. The molecule has 1 aromatic heterocycles. The van der Waals surface area contributed by atoms with E-state index in [2.05, 4.69) is 0 Å². The van der Waals surface area contributed by atoms with Gasteiger partial charge in [-0.1, -0.05) is 6.07 Å². The van der Waals surface area contributed by atoms with Gasteiger partial charge in [0.2, 0.25) is 0 Å². The van der Waals surface area contributed by atoms with Crippen LogP contribution >= 0.6 is 23.6 Å². The number of nitrogens with zero attached hydrogens (tertiary/aromatic N) is 1. The standard InChI is InChI=1S/C9H7NOS2/c11-8-3-1-2-7(6-8)10-4-5-13-9(10)12/h1-6,11H. The molecule has 0 atom stereocenters. The van der Waals surface area contributed by atoms with Gasteiger partial charge < -0.3 is 5.11 Å². The molecule has 0 aliphatic rings. The zero-order chi connectivity index (χ0) is 9.26. The summed E-state index contributed by atoms with van der Waals surface area (Å²) >= 11 is 6.61. The molecule has 0 amide bonds. The second kappa shape index (κ2) is 3.32. The average Bonchev–Trinajstić information content (AvgIpc) is 2.51. The highest BCUT2D eigenvalue weighted by Gasteiger charge is 1.97. The fourth-order valence-corrected chi connectivity index (χ4v) is 2.01. The first-order valence-corrected chi connectivity index (χ1v) is 5.02. The lowest BCUT2D eigenvalue weighted by Crippen LogP contribution is -1.89. The SMILES string of the molecule is Oc1cccc(-n2ccsc2=S)c1. The summed E-state index contributed by atoms with van der Waals surface area (Å²) in [5.74, 6) is 0.255. The van der Waals surface area contributed by atoms with Crippen LogP contribution in [-0.2, 0) is 0 Å². The molecule has 0 unspecified atom stereocenters. The van der Waals surface area contributed by atoms with Crippen LogP contribution in [0.15, 0.2) is 35.8 Å². The maximum absolute atomic E-state index is 9.26. The first-order chi connectivity index (χ1) is 6.27. The first-order valence-electron chi connectivity index (χ1n) is 3.73. The molecule has 0 bridgehead atoms. The van der Waals surface area contributed by atoms with Crippen molar-refractivity contribution >= 4 is 23.6 Å². The minimum Gasteiger partial charge on any atom is -0.508 e. The van der Waals surface area contributed by atoms with Crippen molar-refractivity contribution in [3.8, 4) is 11.4 Å². The molecule has 4 heteroatoms. The van der Waals surface area contributed by atoms with Crippen molar-refractivity contribution in [1.82, 2.24) is 4.57 Å². The van der Waals surface area contributed by atoms with Gasteiger partial charge in [0.15, 0.2) is 3.95 Å². The molecule has 2 nitrogen and oxygen atoms in total. The van der Waals surface area contributed by atoms with Crippen molar-refractivity contribution in [2.75, 3.05) is 0 Å². The summed E-state index contributed by atoms with van der Waals surface area (Å²) in [5, 5.41) is 11.2. The van der Waals surface area contributed by atoms with Crippen LogP contribution in [0.4, 0.5) is 0 Å². The summed E-state index contributed by atoms with van der Waals surface area (Å²) in [7, 11) is 0. The van der Waals surface area contributed by atoms with E-state index < -0.39 is 0 Å². The fraction of sp³-hybridized carbons (Fsp3) is 0. The van der Waals surface area contributed by atoms with E-state index in [9.17, 15) is 5.11 Å². The summed E-state index contributed by atoms with van der Waals surface area (Å²) in [6.45, 7) is 0. The average molecular weight is 209 g/mol. The van der Waals surface area contributed by atoms with Crippen molar-refractivity contribution in [1.29, 1.82) is 0 Å². The Morgan fingerprint density at radius 2 is 2.23 bits per heavy atom. The van der Waals surface area contributed by atoms with Gasteiger partial charge in [-0.05, 0) is 24.4 Å². The van der Waals surface area contributed by atoms with Crippen molar-refractivity contribution in [2.45, 2.75) is 0 Å². The Hall–Kier alpha value is -1.13.